The summed E-state index contributed by atoms with van der Waals surface area (Å²) in [5.41, 5.74) is 1.93. The predicted octanol–water partition coefficient (Wildman–Crippen LogP) is 5.86. The number of nitrogens with zero attached hydrogens (tertiary/aromatic N) is 2. The van der Waals surface area contributed by atoms with Crippen LogP contribution in [-0.4, -0.2) is 29.0 Å². The molecule has 7 heteroatoms. The number of hydrogen-bond acceptors (Lipinski definition) is 6. The van der Waals surface area contributed by atoms with Crippen molar-refractivity contribution in [2.45, 2.75) is 53.0 Å². The van der Waals surface area contributed by atoms with Crippen LogP contribution >= 0.6 is 11.3 Å². The maximum atomic E-state index is 11.8. The molecule has 0 unspecified atom stereocenters. The number of carbonyl (C=O) groups is 1. The molecule has 2 aromatic heterocycles. The van der Waals surface area contributed by atoms with Gasteiger partial charge >= 0.3 is 0 Å². The van der Waals surface area contributed by atoms with Gasteiger partial charge in [-0.05, 0) is 48.3 Å². The number of hydrogen-bond donors (Lipinski definition) is 2. The summed E-state index contributed by atoms with van der Waals surface area (Å²) in [4.78, 5) is 20.7. The predicted molar refractivity (Wildman–Crippen MR) is 126 cm³/mol. The molecule has 1 aromatic carbocycles. The lowest BCUT2D eigenvalue weighted by Gasteiger charge is -2.45. The van der Waals surface area contributed by atoms with Gasteiger partial charge in [0.1, 0.15) is 17.2 Å². The molecule has 4 rings (SSSR count). The van der Waals surface area contributed by atoms with Crippen LogP contribution in [0.15, 0.2) is 36.5 Å². The molecule has 1 fully saturated rings. The largest absolute Gasteiger partial charge is 0.457 e. The lowest BCUT2D eigenvalue weighted by atomic mass is 9.63. The molecule has 2 N–H and O–H groups in total. The first-order valence-corrected chi connectivity index (χ1v) is 11.5. The van der Waals surface area contributed by atoms with Gasteiger partial charge in [-0.3, -0.25) is 9.78 Å². The second kappa shape index (κ2) is 8.11. The van der Waals surface area contributed by atoms with E-state index in [2.05, 4.69) is 43.3 Å². The highest BCUT2D eigenvalue weighted by Gasteiger charge is 2.38. The number of pyridine rings is 1. The lowest BCUT2D eigenvalue weighted by Crippen LogP contribution is -2.40. The van der Waals surface area contributed by atoms with Gasteiger partial charge in [0.2, 0.25) is 0 Å². The molecule has 6 nitrogen and oxygen atoms in total. The van der Waals surface area contributed by atoms with Crippen LogP contribution in [0.4, 0.5) is 5.13 Å². The number of carbonyl (C=O) groups excluding carboxylic acids is 1. The molecule has 164 valence electrons. The molecule has 0 spiro atoms. The minimum Gasteiger partial charge on any atom is -0.457 e. The van der Waals surface area contributed by atoms with Crippen molar-refractivity contribution in [1.29, 1.82) is 0 Å². The van der Waals surface area contributed by atoms with E-state index in [-0.39, 0.29) is 5.91 Å². The van der Waals surface area contributed by atoms with Crippen LogP contribution in [0.5, 0.6) is 11.5 Å². The standard InChI is InChI=1S/C24H30N4O2S/c1-23(2)12-15(13-24(3,4)14-23)27-22-28-18-7-6-16(11-20(18)31-22)30-17-8-9-26-19(10-17)21(29)25-5/h6-11,15H,12-14H2,1-5H3,(H,25,29)(H,27,28). The summed E-state index contributed by atoms with van der Waals surface area (Å²) >= 11 is 1.65. The number of benzene rings is 1. The molecule has 1 aliphatic rings. The fraction of sp³-hybridized carbons (Fsp3) is 0.458. The summed E-state index contributed by atoms with van der Waals surface area (Å²) in [5.74, 6) is 1.03. The van der Waals surface area contributed by atoms with Crippen LogP contribution in [0.25, 0.3) is 10.2 Å². The van der Waals surface area contributed by atoms with Crippen LogP contribution in [0.3, 0.4) is 0 Å². The third kappa shape index (κ3) is 5.15. The number of nitrogens with one attached hydrogen (secondary N) is 2. The van der Waals surface area contributed by atoms with E-state index in [1.54, 1.807) is 36.7 Å². The molecule has 0 aliphatic heterocycles. The Labute approximate surface area is 187 Å². The van der Waals surface area contributed by atoms with E-state index in [1.165, 1.54) is 6.42 Å². The Balaban J connectivity index is 1.50. The number of anilines is 1. The van der Waals surface area contributed by atoms with Gasteiger partial charge in [-0.25, -0.2) is 4.98 Å². The van der Waals surface area contributed by atoms with Crippen LogP contribution in [0, 0.1) is 10.8 Å². The first kappa shape index (κ1) is 21.6. The number of amides is 1. The van der Waals surface area contributed by atoms with E-state index in [4.69, 9.17) is 9.72 Å². The summed E-state index contributed by atoms with van der Waals surface area (Å²) in [6.45, 7) is 9.44. The lowest BCUT2D eigenvalue weighted by molar-refractivity contribution is 0.0957. The second-order valence-corrected chi connectivity index (χ2v) is 11.0. The van der Waals surface area contributed by atoms with Crippen LogP contribution in [-0.2, 0) is 0 Å². The van der Waals surface area contributed by atoms with Crippen molar-refractivity contribution in [3.8, 4) is 11.5 Å². The summed E-state index contributed by atoms with van der Waals surface area (Å²) < 4.78 is 7.04. The van der Waals surface area contributed by atoms with Crippen LogP contribution in [0.1, 0.15) is 57.4 Å². The van der Waals surface area contributed by atoms with Gasteiger partial charge in [-0.15, -0.1) is 0 Å². The highest BCUT2D eigenvalue weighted by atomic mass is 32.1. The topological polar surface area (TPSA) is 76.1 Å². The second-order valence-electron chi connectivity index (χ2n) is 9.96. The Morgan fingerprint density at radius 1 is 1.10 bits per heavy atom. The van der Waals surface area contributed by atoms with Gasteiger partial charge in [0.05, 0.1) is 10.2 Å². The number of fused-ring (bicyclic) bond motifs is 1. The van der Waals surface area contributed by atoms with Crippen molar-refractivity contribution in [1.82, 2.24) is 15.3 Å². The minimum absolute atomic E-state index is 0.242. The number of rotatable bonds is 5. The summed E-state index contributed by atoms with van der Waals surface area (Å²) in [7, 11) is 1.58. The minimum atomic E-state index is -0.242. The van der Waals surface area contributed by atoms with Gasteiger partial charge in [-0.2, -0.15) is 0 Å². The fourth-order valence-corrected chi connectivity index (χ4v) is 5.99. The summed E-state index contributed by atoms with van der Waals surface area (Å²) in [6.07, 6.45) is 5.11. The molecule has 0 bridgehead atoms. The van der Waals surface area contributed by atoms with E-state index in [0.717, 1.165) is 28.2 Å². The molecule has 31 heavy (non-hydrogen) atoms. The van der Waals surface area contributed by atoms with E-state index in [9.17, 15) is 4.79 Å². The van der Waals surface area contributed by atoms with Crippen molar-refractivity contribution in [2.75, 3.05) is 12.4 Å². The smallest absolute Gasteiger partial charge is 0.269 e. The zero-order valence-electron chi connectivity index (χ0n) is 18.8. The molecule has 0 saturated heterocycles. The molecule has 3 aromatic rings. The number of aromatic nitrogens is 2. The van der Waals surface area contributed by atoms with Gasteiger partial charge in [0.15, 0.2) is 5.13 Å². The van der Waals surface area contributed by atoms with Crippen molar-refractivity contribution in [2.24, 2.45) is 10.8 Å². The normalized spacial score (nSPS) is 18.0. The summed E-state index contributed by atoms with van der Waals surface area (Å²) in [6, 6.07) is 9.67. The van der Waals surface area contributed by atoms with Crippen LogP contribution < -0.4 is 15.4 Å². The van der Waals surface area contributed by atoms with Gasteiger partial charge in [0, 0.05) is 31.4 Å². The van der Waals surface area contributed by atoms with E-state index in [1.807, 2.05) is 18.2 Å². The maximum absolute atomic E-state index is 11.8. The SMILES string of the molecule is CNC(=O)c1cc(Oc2ccc3nc(NC4CC(C)(C)CC(C)(C)C4)sc3c2)ccn1. The highest BCUT2D eigenvalue weighted by molar-refractivity contribution is 7.22. The van der Waals surface area contributed by atoms with E-state index < -0.39 is 0 Å². The molecule has 2 heterocycles. The van der Waals surface area contributed by atoms with Crippen LogP contribution in [0.2, 0.25) is 0 Å². The number of ether oxygens (including phenoxy) is 1. The molecular formula is C24H30N4O2S. The molecule has 0 radical (unpaired) electrons. The van der Waals surface area contributed by atoms with Gasteiger partial charge < -0.3 is 15.4 Å². The Hall–Kier alpha value is -2.67. The molecular weight excluding hydrogens is 408 g/mol. The third-order valence-electron chi connectivity index (χ3n) is 5.67. The first-order chi connectivity index (χ1) is 14.6. The quantitative estimate of drug-likeness (QED) is 0.522. The van der Waals surface area contributed by atoms with Crippen molar-refractivity contribution in [3.05, 3.63) is 42.2 Å². The Morgan fingerprint density at radius 2 is 1.81 bits per heavy atom. The Kier molecular flexibility index (Phi) is 5.64. The van der Waals surface area contributed by atoms with Crippen molar-refractivity contribution in [3.63, 3.8) is 0 Å². The molecule has 0 atom stereocenters. The van der Waals surface area contributed by atoms with Crippen molar-refractivity contribution < 1.29 is 9.53 Å². The van der Waals surface area contributed by atoms with E-state index >= 15 is 0 Å². The van der Waals surface area contributed by atoms with E-state index in [0.29, 0.717) is 34.1 Å². The fourth-order valence-electron chi connectivity index (χ4n) is 5.02. The first-order valence-electron chi connectivity index (χ1n) is 10.7. The third-order valence-corrected chi connectivity index (χ3v) is 6.62. The zero-order chi connectivity index (χ0) is 22.2. The summed E-state index contributed by atoms with van der Waals surface area (Å²) in [5, 5.41) is 7.22. The molecule has 1 saturated carbocycles. The maximum Gasteiger partial charge on any atom is 0.269 e. The zero-order valence-corrected chi connectivity index (χ0v) is 19.6. The Bertz CT molecular complexity index is 1090. The average Bonchev–Trinajstić information content (AvgIpc) is 3.06. The monoisotopic (exact) mass is 438 g/mol. The highest BCUT2D eigenvalue weighted by Crippen LogP contribution is 2.46. The van der Waals surface area contributed by atoms with Gasteiger partial charge in [-0.1, -0.05) is 39.0 Å². The van der Waals surface area contributed by atoms with Crippen molar-refractivity contribution >= 4 is 32.6 Å². The molecule has 1 amide bonds. The van der Waals surface area contributed by atoms with Gasteiger partial charge in [0.25, 0.3) is 5.91 Å². The number of thiazole rings is 1. The Morgan fingerprint density at radius 3 is 2.52 bits per heavy atom. The molecule has 1 aliphatic carbocycles. The average molecular weight is 439 g/mol.